The summed E-state index contributed by atoms with van der Waals surface area (Å²) in [5, 5.41) is 35.3. The van der Waals surface area contributed by atoms with Crippen molar-refractivity contribution in [2.75, 3.05) is 0 Å². The lowest BCUT2D eigenvalue weighted by Gasteiger charge is -2.20. The second-order valence-electron chi connectivity index (χ2n) is 11.7. The second-order valence-corrected chi connectivity index (χ2v) is 13.7. The van der Waals surface area contributed by atoms with Crippen molar-refractivity contribution in [1.82, 2.24) is 9.97 Å². The van der Waals surface area contributed by atoms with E-state index in [9.17, 15) is 10.0 Å². The topological polar surface area (TPSA) is 107 Å². The fourth-order valence-corrected chi connectivity index (χ4v) is 5.67. The minimum atomic E-state index is -1.65. The number of phenolic OH excluding ortho intramolecular Hbond substituents is 2. The van der Waals surface area contributed by atoms with Gasteiger partial charge in [-0.15, -0.1) is 0 Å². The van der Waals surface area contributed by atoms with Crippen molar-refractivity contribution in [1.29, 1.82) is 2.86 Å². The Morgan fingerprint density at radius 2 is 0.979 bits per heavy atom. The third-order valence-corrected chi connectivity index (χ3v) is 7.35. The van der Waals surface area contributed by atoms with Gasteiger partial charge >= 0.3 is 7.12 Å². The highest BCUT2D eigenvalue weighted by molar-refractivity contribution is 8.10. The summed E-state index contributed by atoms with van der Waals surface area (Å²) in [5.74, 6) is 1.76. The molecular weight excluding hydrogens is 621 g/mol. The van der Waals surface area contributed by atoms with Gasteiger partial charge in [-0.05, 0) is 85.7 Å². The van der Waals surface area contributed by atoms with Crippen molar-refractivity contribution >= 4 is 92.9 Å². The van der Waals surface area contributed by atoms with Gasteiger partial charge in [-0.25, -0.2) is 25.0 Å². The Bertz CT molecular complexity index is 2250. The van der Waals surface area contributed by atoms with Crippen molar-refractivity contribution in [3.63, 3.8) is 0 Å². The smallest absolute Gasteiger partial charge is 0.488 e. The van der Waals surface area contributed by atoms with Crippen LogP contribution in [0, 0.1) is 0 Å². The summed E-state index contributed by atoms with van der Waals surface area (Å²) in [6.07, 6.45) is 3.34. The van der Waals surface area contributed by atoms with E-state index in [2.05, 4.69) is 47.1 Å². The van der Waals surface area contributed by atoms with Crippen LogP contribution in [0.4, 0.5) is 0 Å². The van der Waals surface area contributed by atoms with Crippen LogP contribution in [0.5, 0.6) is 11.5 Å². The van der Waals surface area contributed by atoms with Crippen molar-refractivity contribution in [2.45, 2.75) is 27.3 Å². The summed E-state index contributed by atoms with van der Waals surface area (Å²) in [7, 11) is -1.65. The number of benzene rings is 5. The molecule has 0 fully saturated rings. The molecule has 0 spiro atoms. The Balaban J connectivity index is 0.000000531. The quantitative estimate of drug-likeness (QED) is 0.0639. The van der Waals surface area contributed by atoms with Gasteiger partial charge in [0.05, 0.1) is 0 Å². The summed E-state index contributed by atoms with van der Waals surface area (Å²) >= 11 is 7.93. The maximum absolute atomic E-state index is 10.2. The van der Waals surface area contributed by atoms with Gasteiger partial charge < -0.3 is 20.3 Å². The molecule has 7 aromatic rings. The van der Waals surface area contributed by atoms with Crippen molar-refractivity contribution < 1.29 is 20.3 Å². The number of aromatic hydroxyl groups is 2. The van der Waals surface area contributed by atoms with E-state index in [0.717, 1.165) is 54.6 Å². The van der Waals surface area contributed by atoms with Gasteiger partial charge in [0.15, 0.2) is 12.0 Å². The molecular formula is C36H35B3N2O4S2. The van der Waals surface area contributed by atoms with Gasteiger partial charge in [-0.1, -0.05) is 81.9 Å². The van der Waals surface area contributed by atoms with Crippen LogP contribution in [0.3, 0.4) is 0 Å². The fraction of sp³-hybridized carbons (Fsp3) is 0.111. The molecule has 0 saturated heterocycles. The van der Waals surface area contributed by atoms with Crippen molar-refractivity contribution in [2.24, 2.45) is 0 Å². The van der Waals surface area contributed by atoms with Crippen LogP contribution in [-0.4, -0.2) is 52.2 Å². The van der Waals surface area contributed by atoms with E-state index >= 15 is 0 Å². The predicted octanol–water partition coefficient (Wildman–Crippen LogP) is 7.85. The first-order chi connectivity index (χ1) is 23.6. The summed E-state index contributed by atoms with van der Waals surface area (Å²) in [4.78, 5) is 9.01. The molecule has 11 heteroatoms. The molecule has 0 aliphatic carbocycles. The van der Waals surface area contributed by atoms with Crippen LogP contribution in [0.25, 0.3) is 65.6 Å². The van der Waals surface area contributed by atoms with Crippen LogP contribution < -0.4 is 5.46 Å². The fourth-order valence-electron chi connectivity index (χ4n) is 5.67. The molecule has 0 saturated carbocycles. The number of fused-ring (bicyclic) bond motifs is 4. The Hall–Kier alpha value is -4.15. The highest BCUT2D eigenvalue weighted by atomic mass is 32.1. The van der Waals surface area contributed by atoms with Gasteiger partial charge in [0.2, 0.25) is 0 Å². The van der Waals surface area contributed by atoms with Crippen LogP contribution in [-0.2, 0) is 0 Å². The standard InChI is InChI=1S/C32H21BN2O4.2C2H7BS/c36-27-13-11-21(24-7-3-15-34-31(24)27)29-19-5-1-2-6-20(19)30(26-17-18(33(38)39)9-10-23(26)29)22-12-14-28(37)32-25(22)8-4-16-35-32;2*1-3(2)4/h1-17,36-39H;2*4H,1-2H3/i/hT2. The average molecular weight is 660 g/mol. The lowest BCUT2D eigenvalue weighted by atomic mass is 9.76. The first-order valence-electron chi connectivity index (χ1n) is 16.1. The van der Waals surface area contributed by atoms with Gasteiger partial charge in [0, 0.05) is 23.2 Å². The number of rotatable bonds is 5. The van der Waals surface area contributed by atoms with Crippen LogP contribution in [0.1, 0.15) is 0 Å². The van der Waals surface area contributed by atoms with E-state index in [1.54, 1.807) is 30.6 Å². The molecule has 0 atom stereocenters. The average Bonchev–Trinajstić information content (AvgIpc) is 3.09. The van der Waals surface area contributed by atoms with Gasteiger partial charge in [-0.3, -0.25) is 9.97 Å². The third kappa shape index (κ3) is 7.24. The van der Waals surface area contributed by atoms with Crippen LogP contribution >= 0.6 is 25.0 Å². The van der Waals surface area contributed by atoms with Crippen molar-refractivity contribution in [3.8, 4) is 33.8 Å². The van der Waals surface area contributed by atoms with Gasteiger partial charge in [-0.2, -0.15) is 0 Å². The first kappa shape index (κ1) is 31.5. The molecule has 0 amide bonds. The molecule has 6 nitrogen and oxygen atoms in total. The van der Waals surface area contributed by atoms with E-state index in [-0.39, 0.29) is 0 Å². The molecule has 0 aliphatic rings. The Labute approximate surface area is 289 Å². The summed E-state index contributed by atoms with van der Waals surface area (Å²) in [6.45, 7) is 8.12. The van der Waals surface area contributed by atoms with Crippen LogP contribution in [0.15, 0.2) is 103 Å². The van der Waals surface area contributed by atoms with E-state index in [0.29, 0.717) is 40.0 Å². The number of thiol groups is 2. The summed E-state index contributed by atoms with van der Waals surface area (Å²) in [5.41, 5.74) is 5.11. The molecule has 234 valence electrons. The molecule has 0 aliphatic heterocycles. The molecule has 7 rings (SSSR count). The number of phenols is 2. The van der Waals surface area contributed by atoms with E-state index in [4.69, 9.17) is 13.1 Å². The Kier molecular flexibility index (Phi) is 9.86. The lowest BCUT2D eigenvalue weighted by molar-refractivity contribution is 0.426. The largest absolute Gasteiger partial charge is 0.506 e. The molecule has 0 bridgehead atoms. The predicted molar refractivity (Wildman–Crippen MR) is 209 cm³/mol. The number of hydrogen-bond donors (Lipinski definition) is 6. The molecule has 2 aromatic heterocycles. The highest BCUT2D eigenvalue weighted by Crippen LogP contribution is 2.47. The number of nitrogens with zero attached hydrogens (tertiary/aromatic N) is 2. The normalized spacial score (nSPS) is 11.1. The summed E-state index contributed by atoms with van der Waals surface area (Å²) in [6, 6.07) is 28.4. The number of aromatic nitrogens is 2. The SMILES string of the molecule is CB(C)S.CB(C)S.[3H]Oc1ccc(-c2c3ccccc3c(-c3ccc(O[3H])c4ncccc34)c3cc(B(O)O)ccc23)c2cccnc12. The molecule has 0 radical (unpaired) electrons. The van der Waals surface area contributed by atoms with E-state index < -0.39 is 7.12 Å². The zero-order valence-corrected chi connectivity index (χ0v) is 28.3. The van der Waals surface area contributed by atoms with E-state index in [1.165, 1.54) is 0 Å². The minimum Gasteiger partial charge on any atom is -0.506 e. The van der Waals surface area contributed by atoms with Gasteiger partial charge in [0.25, 0.3) is 2.86 Å². The number of hydrogen-bond acceptors (Lipinski definition) is 8. The molecule has 2 heterocycles. The zero-order valence-electron chi connectivity index (χ0n) is 28.5. The molecule has 47 heavy (non-hydrogen) atoms. The zero-order chi connectivity index (χ0) is 35.2. The molecule has 5 aromatic carbocycles. The maximum atomic E-state index is 10.2. The third-order valence-electron chi connectivity index (χ3n) is 7.35. The minimum absolute atomic E-state index is 0.344. The van der Waals surface area contributed by atoms with Crippen LogP contribution in [0.2, 0.25) is 27.3 Å². The Morgan fingerprint density at radius 1 is 0.553 bits per heavy atom. The Morgan fingerprint density at radius 3 is 1.43 bits per heavy atom. The highest BCUT2D eigenvalue weighted by Gasteiger charge is 2.22. The number of pyridine rings is 2. The first-order valence-corrected chi connectivity index (χ1v) is 16.3. The molecule has 0 unspecified atom stereocenters. The molecule has 4 N–H and O–H groups in total. The maximum Gasteiger partial charge on any atom is 0.488 e. The van der Waals surface area contributed by atoms with Gasteiger partial charge in [0.1, 0.15) is 22.5 Å². The lowest BCUT2D eigenvalue weighted by Crippen LogP contribution is -2.29. The van der Waals surface area contributed by atoms with Crippen molar-refractivity contribution in [3.05, 3.63) is 103 Å². The summed E-state index contributed by atoms with van der Waals surface area (Å²) < 4.78 is 15.1. The van der Waals surface area contributed by atoms with E-state index in [1.807, 2.05) is 88.0 Å². The monoisotopic (exact) mass is 660 g/mol. The second kappa shape index (κ2) is 14.7.